The maximum atomic E-state index is 12.5. The molecule has 1 saturated heterocycles. The summed E-state index contributed by atoms with van der Waals surface area (Å²) >= 11 is 0. The third-order valence-electron chi connectivity index (χ3n) is 4.23. The first kappa shape index (κ1) is 14.8. The summed E-state index contributed by atoms with van der Waals surface area (Å²) in [5.41, 5.74) is -0.722. The number of carboxylic acids is 1. The smallest absolute Gasteiger partial charge is 0.325 e. The van der Waals surface area contributed by atoms with Gasteiger partial charge in [-0.05, 0) is 19.3 Å². The summed E-state index contributed by atoms with van der Waals surface area (Å²) in [5, 5.41) is 11.5. The van der Waals surface area contributed by atoms with Crippen LogP contribution >= 0.6 is 0 Å². The normalized spacial score (nSPS) is 22.5. The summed E-state index contributed by atoms with van der Waals surface area (Å²) in [6.45, 7) is 0.193. The predicted octanol–water partition coefficient (Wildman–Crippen LogP) is 1.89. The van der Waals surface area contributed by atoms with Crippen LogP contribution in [0.15, 0.2) is 0 Å². The van der Waals surface area contributed by atoms with E-state index in [9.17, 15) is 14.4 Å². The molecule has 6 nitrogen and oxygen atoms in total. The number of amides is 3. The SMILES string of the molecule is O=C(O)CCCN1C(=O)NC2(CCCCCCC2)C1=O. The fraction of sp³-hybridized carbons (Fsp3) is 0.786. The highest BCUT2D eigenvalue weighted by atomic mass is 16.4. The second-order valence-electron chi connectivity index (χ2n) is 5.73. The van der Waals surface area contributed by atoms with Gasteiger partial charge in [-0.2, -0.15) is 0 Å². The molecule has 0 aromatic heterocycles. The van der Waals surface area contributed by atoms with Crippen molar-refractivity contribution >= 4 is 17.9 Å². The predicted molar refractivity (Wildman–Crippen MR) is 72.2 cm³/mol. The maximum absolute atomic E-state index is 12.5. The number of carboxylic acid groups (broad SMARTS) is 1. The van der Waals surface area contributed by atoms with E-state index in [-0.39, 0.29) is 24.9 Å². The van der Waals surface area contributed by atoms with Gasteiger partial charge in [-0.15, -0.1) is 0 Å². The lowest BCUT2D eigenvalue weighted by Gasteiger charge is -2.28. The second-order valence-corrected chi connectivity index (χ2v) is 5.73. The molecule has 0 radical (unpaired) electrons. The van der Waals surface area contributed by atoms with Crippen LogP contribution in [0.5, 0.6) is 0 Å². The molecular formula is C14H22N2O4. The van der Waals surface area contributed by atoms with Crippen LogP contribution in [0.25, 0.3) is 0 Å². The largest absolute Gasteiger partial charge is 0.481 e. The van der Waals surface area contributed by atoms with Crippen molar-refractivity contribution in [1.82, 2.24) is 10.2 Å². The summed E-state index contributed by atoms with van der Waals surface area (Å²) in [5.74, 6) is -1.06. The molecule has 0 aromatic rings. The van der Waals surface area contributed by atoms with Crippen molar-refractivity contribution in [2.75, 3.05) is 6.54 Å². The first-order valence-electron chi connectivity index (χ1n) is 7.41. The zero-order valence-corrected chi connectivity index (χ0v) is 11.7. The lowest BCUT2D eigenvalue weighted by Crippen LogP contribution is -2.47. The second kappa shape index (κ2) is 6.24. The highest BCUT2D eigenvalue weighted by molar-refractivity contribution is 6.07. The summed E-state index contributed by atoms with van der Waals surface area (Å²) in [4.78, 5) is 36.2. The number of nitrogens with zero attached hydrogens (tertiary/aromatic N) is 1. The number of hydrogen-bond donors (Lipinski definition) is 2. The van der Waals surface area contributed by atoms with Crippen molar-refractivity contribution in [3.63, 3.8) is 0 Å². The fourth-order valence-corrected chi connectivity index (χ4v) is 3.12. The molecule has 6 heteroatoms. The Morgan fingerprint density at radius 2 is 1.75 bits per heavy atom. The molecule has 0 aromatic carbocycles. The van der Waals surface area contributed by atoms with Crippen LogP contribution in [-0.4, -0.2) is 40.0 Å². The monoisotopic (exact) mass is 282 g/mol. The molecule has 2 aliphatic rings. The molecule has 1 heterocycles. The fourth-order valence-electron chi connectivity index (χ4n) is 3.12. The van der Waals surface area contributed by atoms with Crippen molar-refractivity contribution in [2.45, 2.75) is 63.3 Å². The number of urea groups is 1. The standard InChI is InChI=1S/C14H22N2O4/c17-11(18)7-6-10-16-12(19)14(15-13(16)20)8-4-2-1-3-5-9-14/h1-10H2,(H,15,20)(H,17,18). The number of imide groups is 1. The first-order valence-corrected chi connectivity index (χ1v) is 7.41. The molecule has 2 fully saturated rings. The third-order valence-corrected chi connectivity index (χ3v) is 4.23. The first-order chi connectivity index (χ1) is 9.55. The zero-order valence-electron chi connectivity index (χ0n) is 11.7. The Balaban J connectivity index is 2.00. The van der Waals surface area contributed by atoms with E-state index in [4.69, 9.17) is 5.11 Å². The number of carbonyl (C=O) groups is 3. The van der Waals surface area contributed by atoms with E-state index in [1.807, 2.05) is 0 Å². The zero-order chi connectivity index (χ0) is 14.6. The molecule has 0 atom stereocenters. The molecule has 1 spiro atoms. The van der Waals surface area contributed by atoms with Gasteiger partial charge in [-0.3, -0.25) is 14.5 Å². The van der Waals surface area contributed by atoms with Crippen molar-refractivity contribution in [1.29, 1.82) is 0 Å². The number of rotatable bonds is 4. The van der Waals surface area contributed by atoms with Crippen molar-refractivity contribution in [3.8, 4) is 0 Å². The average molecular weight is 282 g/mol. The topological polar surface area (TPSA) is 86.7 Å². The maximum Gasteiger partial charge on any atom is 0.325 e. The van der Waals surface area contributed by atoms with Crippen LogP contribution in [0.3, 0.4) is 0 Å². The van der Waals surface area contributed by atoms with Gasteiger partial charge in [0, 0.05) is 13.0 Å². The third kappa shape index (κ3) is 3.11. The summed E-state index contributed by atoms with van der Waals surface area (Å²) in [7, 11) is 0. The van der Waals surface area contributed by atoms with Gasteiger partial charge in [0.15, 0.2) is 0 Å². The molecule has 1 aliphatic heterocycles. The van der Waals surface area contributed by atoms with Gasteiger partial charge < -0.3 is 10.4 Å². The molecule has 3 amide bonds. The number of carbonyl (C=O) groups excluding carboxylic acids is 2. The molecule has 20 heavy (non-hydrogen) atoms. The van der Waals surface area contributed by atoms with E-state index in [0.717, 1.165) is 25.7 Å². The van der Waals surface area contributed by atoms with Crippen LogP contribution in [0.4, 0.5) is 4.79 Å². The van der Waals surface area contributed by atoms with Gasteiger partial charge in [-0.1, -0.05) is 32.1 Å². The number of nitrogens with one attached hydrogen (secondary N) is 1. The summed E-state index contributed by atoms with van der Waals surface area (Å²) < 4.78 is 0. The number of aliphatic carboxylic acids is 1. The van der Waals surface area contributed by atoms with Gasteiger partial charge >= 0.3 is 12.0 Å². The molecule has 2 N–H and O–H groups in total. The minimum Gasteiger partial charge on any atom is -0.481 e. The van der Waals surface area contributed by atoms with Crippen molar-refractivity contribution in [3.05, 3.63) is 0 Å². The Bertz CT molecular complexity index is 400. The minimum absolute atomic E-state index is 0.0237. The van der Waals surface area contributed by atoms with E-state index in [1.54, 1.807) is 0 Å². The van der Waals surface area contributed by atoms with Crippen molar-refractivity contribution < 1.29 is 19.5 Å². The molecule has 112 valence electrons. The van der Waals surface area contributed by atoms with Crippen LogP contribution < -0.4 is 5.32 Å². The lowest BCUT2D eigenvalue weighted by atomic mass is 9.84. The molecule has 1 aliphatic carbocycles. The molecule has 0 unspecified atom stereocenters. The van der Waals surface area contributed by atoms with Gasteiger partial charge in [0.05, 0.1) is 0 Å². The minimum atomic E-state index is -0.905. The van der Waals surface area contributed by atoms with Crippen LogP contribution in [0.2, 0.25) is 0 Å². The van der Waals surface area contributed by atoms with Crippen LogP contribution in [-0.2, 0) is 9.59 Å². The Hall–Kier alpha value is -1.59. The molecule has 1 saturated carbocycles. The van der Waals surface area contributed by atoms with E-state index in [0.29, 0.717) is 19.3 Å². The molecule has 2 rings (SSSR count). The van der Waals surface area contributed by atoms with Gasteiger partial charge in [0.1, 0.15) is 5.54 Å². The van der Waals surface area contributed by atoms with Gasteiger partial charge in [0.25, 0.3) is 5.91 Å². The van der Waals surface area contributed by atoms with Crippen LogP contribution in [0, 0.1) is 0 Å². The summed E-state index contributed by atoms with van der Waals surface area (Å²) in [6, 6.07) is -0.360. The van der Waals surface area contributed by atoms with E-state index >= 15 is 0 Å². The highest BCUT2D eigenvalue weighted by Crippen LogP contribution is 2.32. The van der Waals surface area contributed by atoms with Gasteiger partial charge in [-0.25, -0.2) is 4.79 Å². The van der Waals surface area contributed by atoms with Crippen molar-refractivity contribution in [2.24, 2.45) is 0 Å². The Labute approximate surface area is 118 Å². The molecule has 0 bridgehead atoms. The van der Waals surface area contributed by atoms with E-state index in [2.05, 4.69) is 5.32 Å². The Kier molecular flexibility index (Phi) is 4.62. The Morgan fingerprint density at radius 3 is 2.35 bits per heavy atom. The lowest BCUT2D eigenvalue weighted by molar-refractivity contribution is -0.138. The van der Waals surface area contributed by atoms with Crippen LogP contribution in [0.1, 0.15) is 57.8 Å². The highest BCUT2D eigenvalue weighted by Gasteiger charge is 2.49. The number of hydrogen-bond acceptors (Lipinski definition) is 3. The average Bonchev–Trinajstić information content (AvgIpc) is 2.59. The van der Waals surface area contributed by atoms with E-state index in [1.165, 1.54) is 11.3 Å². The molecular weight excluding hydrogens is 260 g/mol. The summed E-state index contributed by atoms with van der Waals surface area (Å²) in [6.07, 6.45) is 6.99. The quantitative estimate of drug-likeness (QED) is 0.771. The van der Waals surface area contributed by atoms with Gasteiger partial charge in [0.2, 0.25) is 0 Å². The van der Waals surface area contributed by atoms with E-state index < -0.39 is 11.5 Å². The Morgan fingerprint density at radius 1 is 1.15 bits per heavy atom.